The maximum absolute atomic E-state index is 12.4. The number of piperidine rings is 1. The Morgan fingerprint density at radius 1 is 1.45 bits per heavy atom. The van der Waals surface area contributed by atoms with Crippen LogP contribution in [-0.2, 0) is 0 Å². The molecular weight excluding hydrogens is 298 g/mol. The Morgan fingerprint density at radius 3 is 3.05 bits per heavy atom. The first-order valence-corrected chi connectivity index (χ1v) is 8.93. The van der Waals surface area contributed by atoms with Crippen molar-refractivity contribution < 1.29 is 9.59 Å². The maximum Gasteiger partial charge on any atom is 0.317 e. The zero-order valence-electron chi connectivity index (χ0n) is 13.0. The van der Waals surface area contributed by atoms with Gasteiger partial charge in [-0.3, -0.25) is 9.78 Å². The Balaban J connectivity index is 1.86. The monoisotopic (exact) mass is 321 g/mol. The number of Topliss-reactive ketones (excluding diaryl/α,β-unsaturated/α-hetero) is 1. The number of hydrogen-bond acceptors (Lipinski definition) is 4. The highest BCUT2D eigenvalue weighted by atomic mass is 32.2. The van der Waals surface area contributed by atoms with Crippen molar-refractivity contribution in [3.8, 4) is 0 Å². The summed E-state index contributed by atoms with van der Waals surface area (Å²) in [7, 11) is 0. The first-order chi connectivity index (χ1) is 10.7. The summed E-state index contributed by atoms with van der Waals surface area (Å²) in [5, 5.41) is 2.93. The number of carbonyl (C=O) groups excluding carboxylic acids is 2. The highest BCUT2D eigenvalue weighted by Crippen LogP contribution is 2.20. The van der Waals surface area contributed by atoms with Crippen LogP contribution in [0.2, 0.25) is 0 Å². The van der Waals surface area contributed by atoms with Crippen LogP contribution < -0.4 is 5.32 Å². The van der Waals surface area contributed by atoms with Gasteiger partial charge in [0.1, 0.15) is 5.69 Å². The van der Waals surface area contributed by atoms with E-state index in [0.717, 1.165) is 30.9 Å². The number of aromatic nitrogens is 1. The van der Waals surface area contributed by atoms with E-state index in [1.807, 2.05) is 6.07 Å². The Hall–Kier alpha value is -1.56. The second-order valence-electron chi connectivity index (χ2n) is 5.29. The first-order valence-electron chi connectivity index (χ1n) is 7.78. The first kappa shape index (κ1) is 16.8. The Kier molecular flexibility index (Phi) is 6.71. The summed E-state index contributed by atoms with van der Waals surface area (Å²) in [4.78, 5) is 30.5. The number of nitrogens with one attached hydrogen (secondary N) is 1. The summed E-state index contributed by atoms with van der Waals surface area (Å²) in [5.41, 5.74) is 0.495. The molecule has 1 aromatic rings. The number of carbonyl (C=O) groups is 2. The number of likely N-dealkylation sites (tertiary alicyclic amines) is 1. The summed E-state index contributed by atoms with van der Waals surface area (Å²) in [6.45, 7) is 3.98. The van der Waals surface area contributed by atoms with Crippen LogP contribution in [0.5, 0.6) is 0 Å². The number of thioether (sulfide) groups is 1. The summed E-state index contributed by atoms with van der Waals surface area (Å²) < 4.78 is 0. The molecule has 0 bridgehead atoms. The molecule has 0 aliphatic carbocycles. The number of amides is 2. The van der Waals surface area contributed by atoms with Crippen molar-refractivity contribution in [3.63, 3.8) is 0 Å². The minimum atomic E-state index is -0.139. The second kappa shape index (κ2) is 8.78. The van der Waals surface area contributed by atoms with Gasteiger partial charge in [-0.15, -0.1) is 0 Å². The van der Waals surface area contributed by atoms with Crippen molar-refractivity contribution in [3.05, 3.63) is 30.1 Å². The van der Waals surface area contributed by atoms with Gasteiger partial charge < -0.3 is 10.2 Å². The van der Waals surface area contributed by atoms with E-state index in [4.69, 9.17) is 0 Å². The van der Waals surface area contributed by atoms with E-state index >= 15 is 0 Å². The number of nitrogens with zero attached hydrogens (tertiary/aromatic N) is 2. The van der Waals surface area contributed by atoms with Crippen LogP contribution in [0, 0.1) is 5.92 Å². The average Bonchev–Trinajstić information content (AvgIpc) is 2.59. The van der Waals surface area contributed by atoms with E-state index in [1.54, 1.807) is 35.0 Å². The molecule has 22 heavy (non-hydrogen) atoms. The highest BCUT2D eigenvalue weighted by molar-refractivity contribution is 7.99. The lowest BCUT2D eigenvalue weighted by molar-refractivity contribution is 0.0841. The average molecular weight is 321 g/mol. The van der Waals surface area contributed by atoms with E-state index < -0.39 is 0 Å². The second-order valence-corrected chi connectivity index (χ2v) is 6.69. The third-order valence-corrected chi connectivity index (χ3v) is 4.62. The Bertz CT molecular complexity index is 495. The van der Waals surface area contributed by atoms with Gasteiger partial charge in [0.05, 0.1) is 0 Å². The lowest BCUT2D eigenvalue weighted by atomic mass is 9.92. The van der Waals surface area contributed by atoms with E-state index in [2.05, 4.69) is 17.2 Å². The minimum Gasteiger partial charge on any atom is -0.337 e. The quantitative estimate of drug-likeness (QED) is 0.646. The number of ketones is 1. The molecule has 0 radical (unpaired) electrons. The van der Waals surface area contributed by atoms with Crippen molar-refractivity contribution in [1.82, 2.24) is 15.2 Å². The van der Waals surface area contributed by atoms with Crippen LogP contribution in [0.3, 0.4) is 0 Å². The largest absolute Gasteiger partial charge is 0.337 e. The predicted molar refractivity (Wildman–Crippen MR) is 89.3 cm³/mol. The molecule has 1 aliphatic heterocycles. The van der Waals surface area contributed by atoms with E-state index in [0.29, 0.717) is 18.8 Å². The van der Waals surface area contributed by atoms with Gasteiger partial charge in [-0.1, -0.05) is 13.0 Å². The van der Waals surface area contributed by atoms with Gasteiger partial charge in [0.2, 0.25) is 0 Å². The third-order valence-electron chi connectivity index (χ3n) is 3.72. The molecule has 1 aliphatic rings. The van der Waals surface area contributed by atoms with Crippen molar-refractivity contribution >= 4 is 23.6 Å². The maximum atomic E-state index is 12.4. The predicted octanol–water partition coefficient (Wildman–Crippen LogP) is 2.44. The molecule has 120 valence electrons. The summed E-state index contributed by atoms with van der Waals surface area (Å²) in [5.74, 6) is 1.88. The number of pyridine rings is 1. The van der Waals surface area contributed by atoms with Gasteiger partial charge in [0.15, 0.2) is 5.78 Å². The van der Waals surface area contributed by atoms with E-state index in [9.17, 15) is 9.59 Å². The molecule has 2 amide bonds. The summed E-state index contributed by atoms with van der Waals surface area (Å²) in [6.07, 6.45) is 3.32. The van der Waals surface area contributed by atoms with Gasteiger partial charge in [-0.05, 0) is 30.7 Å². The molecule has 1 saturated heterocycles. The number of rotatable bonds is 6. The van der Waals surface area contributed by atoms with Crippen LogP contribution >= 0.6 is 11.8 Å². The van der Waals surface area contributed by atoms with Crippen LogP contribution in [-0.4, -0.2) is 52.8 Å². The Morgan fingerprint density at radius 2 is 2.32 bits per heavy atom. The zero-order valence-corrected chi connectivity index (χ0v) is 13.8. The molecule has 0 saturated carbocycles. The minimum absolute atomic E-state index is 0.0413. The zero-order chi connectivity index (χ0) is 15.8. The molecule has 1 aromatic heterocycles. The molecule has 0 aromatic carbocycles. The van der Waals surface area contributed by atoms with Crippen LogP contribution in [0.4, 0.5) is 4.79 Å². The third kappa shape index (κ3) is 4.73. The van der Waals surface area contributed by atoms with Gasteiger partial charge in [-0.25, -0.2) is 4.79 Å². The fourth-order valence-corrected chi connectivity index (χ4v) is 3.11. The molecule has 0 unspecified atom stereocenters. The van der Waals surface area contributed by atoms with Crippen LogP contribution in [0.25, 0.3) is 0 Å². The van der Waals surface area contributed by atoms with Crippen molar-refractivity contribution in [2.24, 2.45) is 5.92 Å². The number of hydrogen-bond donors (Lipinski definition) is 1. The van der Waals surface area contributed by atoms with Crippen molar-refractivity contribution in [1.29, 1.82) is 0 Å². The van der Waals surface area contributed by atoms with Crippen molar-refractivity contribution in [2.45, 2.75) is 19.8 Å². The highest BCUT2D eigenvalue weighted by Gasteiger charge is 2.29. The van der Waals surface area contributed by atoms with Gasteiger partial charge >= 0.3 is 6.03 Å². The standard InChI is InChI=1S/C16H23N3O2S/c1-2-22-11-9-18-16(21)19-10-5-6-13(12-19)15(20)14-7-3-4-8-17-14/h3-4,7-8,13H,2,5-6,9-12H2,1H3,(H,18,21)/t13-/m1/s1. The van der Waals surface area contributed by atoms with Gasteiger partial charge in [0.25, 0.3) is 0 Å². The molecule has 1 atom stereocenters. The van der Waals surface area contributed by atoms with E-state index in [1.165, 1.54) is 0 Å². The number of urea groups is 1. The summed E-state index contributed by atoms with van der Waals surface area (Å²) >= 11 is 1.80. The molecule has 0 spiro atoms. The SMILES string of the molecule is CCSCCNC(=O)N1CCC[C@@H](C(=O)c2ccccn2)C1. The Labute approximate surface area is 135 Å². The molecule has 6 heteroatoms. The van der Waals surface area contributed by atoms with Gasteiger partial charge in [-0.2, -0.15) is 11.8 Å². The summed E-state index contributed by atoms with van der Waals surface area (Å²) in [6, 6.07) is 5.30. The smallest absolute Gasteiger partial charge is 0.317 e. The van der Waals surface area contributed by atoms with Crippen LogP contribution in [0.15, 0.2) is 24.4 Å². The molecule has 1 fully saturated rings. The molecular formula is C16H23N3O2S. The fourth-order valence-electron chi connectivity index (χ4n) is 2.58. The lowest BCUT2D eigenvalue weighted by Crippen LogP contribution is -2.47. The van der Waals surface area contributed by atoms with Crippen LogP contribution in [0.1, 0.15) is 30.3 Å². The molecule has 1 N–H and O–H groups in total. The topological polar surface area (TPSA) is 62.3 Å². The molecule has 2 heterocycles. The lowest BCUT2D eigenvalue weighted by Gasteiger charge is -2.31. The fraction of sp³-hybridized carbons (Fsp3) is 0.562. The van der Waals surface area contributed by atoms with E-state index in [-0.39, 0.29) is 17.7 Å². The molecule has 5 nitrogen and oxygen atoms in total. The molecule has 2 rings (SSSR count). The normalized spacial score (nSPS) is 18.0. The van der Waals surface area contributed by atoms with Crippen molar-refractivity contribution in [2.75, 3.05) is 31.1 Å². The van der Waals surface area contributed by atoms with Gasteiger partial charge in [0, 0.05) is 37.5 Å².